The van der Waals surface area contributed by atoms with E-state index in [1.165, 1.54) is 4.88 Å². The minimum absolute atomic E-state index is 0.126. The van der Waals surface area contributed by atoms with Crippen molar-refractivity contribution in [2.75, 3.05) is 13.1 Å². The van der Waals surface area contributed by atoms with Gasteiger partial charge in [-0.1, -0.05) is 6.92 Å². The maximum Gasteiger partial charge on any atom is 0.269 e. The van der Waals surface area contributed by atoms with E-state index in [0.29, 0.717) is 5.92 Å². The minimum atomic E-state index is -0.374. The molecule has 2 N–H and O–H groups in total. The lowest BCUT2D eigenvalue weighted by atomic mass is 10.1. The van der Waals surface area contributed by atoms with Crippen molar-refractivity contribution in [3.05, 3.63) is 51.4 Å². The first kappa shape index (κ1) is 15.1. The summed E-state index contributed by atoms with van der Waals surface area (Å²) in [4.78, 5) is 15.1. The quantitative estimate of drug-likeness (QED) is 0.694. The van der Waals surface area contributed by atoms with Gasteiger partial charge in [-0.05, 0) is 35.7 Å². The fourth-order valence-corrected chi connectivity index (χ4v) is 3.87. The molecule has 1 aromatic carbocycles. The Morgan fingerprint density at radius 2 is 2.00 bits per heavy atom. The molecule has 1 saturated heterocycles. The van der Waals surface area contributed by atoms with Crippen LogP contribution in [0.1, 0.15) is 11.8 Å². The first-order valence-corrected chi connectivity index (χ1v) is 8.16. The molecule has 2 unspecified atom stereocenters. The molecule has 22 heavy (non-hydrogen) atoms. The molecule has 0 spiro atoms. The van der Waals surface area contributed by atoms with Crippen LogP contribution in [0.15, 0.2) is 36.4 Å². The summed E-state index contributed by atoms with van der Waals surface area (Å²) in [6, 6.07) is 11.2. The zero-order valence-corrected chi connectivity index (χ0v) is 13.3. The molecule has 116 valence electrons. The Morgan fingerprint density at radius 3 is 2.59 bits per heavy atom. The second kappa shape index (κ2) is 6.16. The molecule has 1 aliphatic rings. The molecule has 0 amide bonds. The lowest BCUT2D eigenvalue weighted by molar-refractivity contribution is -0.384. The molecule has 1 aliphatic heterocycles. The van der Waals surface area contributed by atoms with Crippen molar-refractivity contribution in [2.45, 2.75) is 19.5 Å². The summed E-state index contributed by atoms with van der Waals surface area (Å²) in [5.41, 5.74) is 7.21. The number of nitro groups is 1. The highest BCUT2D eigenvalue weighted by molar-refractivity contribution is 7.15. The molecule has 6 heteroatoms. The first-order chi connectivity index (χ1) is 10.5. The molecule has 5 nitrogen and oxygen atoms in total. The molecule has 2 heterocycles. The smallest absolute Gasteiger partial charge is 0.269 e. The summed E-state index contributed by atoms with van der Waals surface area (Å²) in [6.07, 6.45) is 0. The highest BCUT2D eigenvalue weighted by Crippen LogP contribution is 2.30. The Labute approximate surface area is 133 Å². The third-order valence-corrected chi connectivity index (χ3v) is 5.27. The number of nitrogens with zero attached hydrogens (tertiary/aromatic N) is 2. The van der Waals surface area contributed by atoms with Gasteiger partial charge in [0.25, 0.3) is 5.69 Å². The number of nitrogens with two attached hydrogens (primary N) is 1. The van der Waals surface area contributed by atoms with Gasteiger partial charge >= 0.3 is 0 Å². The van der Waals surface area contributed by atoms with E-state index in [4.69, 9.17) is 5.73 Å². The van der Waals surface area contributed by atoms with E-state index in [9.17, 15) is 10.1 Å². The van der Waals surface area contributed by atoms with Crippen LogP contribution in [0, 0.1) is 16.0 Å². The zero-order chi connectivity index (χ0) is 15.7. The van der Waals surface area contributed by atoms with Crippen molar-refractivity contribution in [1.29, 1.82) is 0 Å². The topological polar surface area (TPSA) is 72.4 Å². The Morgan fingerprint density at radius 1 is 1.27 bits per heavy atom. The fraction of sp³-hybridized carbons (Fsp3) is 0.375. The van der Waals surface area contributed by atoms with Crippen LogP contribution in [-0.4, -0.2) is 29.0 Å². The maximum atomic E-state index is 10.7. The van der Waals surface area contributed by atoms with Gasteiger partial charge in [0, 0.05) is 47.6 Å². The number of nitro benzene ring substituents is 1. The van der Waals surface area contributed by atoms with Gasteiger partial charge < -0.3 is 5.73 Å². The van der Waals surface area contributed by atoms with Gasteiger partial charge in [-0.2, -0.15) is 0 Å². The largest absolute Gasteiger partial charge is 0.326 e. The number of likely N-dealkylation sites (tertiary alicyclic amines) is 1. The van der Waals surface area contributed by atoms with E-state index in [0.717, 1.165) is 30.1 Å². The van der Waals surface area contributed by atoms with E-state index >= 15 is 0 Å². The number of hydrogen-bond acceptors (Lipinski definition) is 5. The summed E-state index contributed by atoms with van der Waals surface area (Å²) < 4.78 is 0. The maximum absolute atomic E-state index is 10.7. The third kappa shape index (κ3) is 3.19. The second-order valence-electron chi connectivity index (χ2n) is 5.91. The highest BCUT2D eigenvalue weighted by atomic mass is 32.1. The van der Waals surface area contributed by atoms with Crippen molar-refractivity contribution in [1.82, 2.24) is 4.90 Å². The zero-order valence-electron chi connectivity index (χ0n) is 12.4. The average Bonchev–Trinajstić information content (AvgIpc) is 3.07. The number of benzene rings is 1. The molecule has 0 radical (unpaired) electrons. The number of thiophene rings is 1. The van der Waals surface area contributed by atoms with E-state index < -0.39 is 0 Å². The predicted octanol–water partition coefficient (Wildman–Crippen LogP) is 3.10. The average molecular weight is 317 g/mol. The van der Waals surface area contributed by atoms with E-state index in [1.54, 1.807) is 23.5 Å². The summed E-state index contributed by atoms with van der Waals surface area (Å²) >= 11 is 1.74. The Bertz CT molecular complexity index is 658. The first-order valence-electron chi connectivity index (χ1n) is 7.34. The fourth-order valence-electron chi connectivity index (χ4n) is 2.81. The number of rotatable bonds is 4. The SMILES string of the molecule is CC1CN(Cc2ccc(-c3ccc([N+](=O)[O-])cc3)s2)CC1N. The molecular formula is C16H19N3O2S. The normalized spacial score (nSPS) is 22.1. The van der Waals surface area contributed by atoms with Crippen LogP contribution in [0.4, 0.5) is 5.69 Å². The molecule has 0 saturated carbocycles. The lowest BCUT2D eigenvalue weighted by Crippen LogP contribution is -2.28. The molecule has 0 aliphatic carbocycles. The van der Waals surface area contributed by atoms with Crippen LogP contribution in [0.3, 0.4) is 0 Å². The van der Waals surface area contributed by atoms with Crippen LogP contribution in [0.5, 0.6) is 0 Å². The molecule has 1 fully saturated rings. The molecular weight excluding hydrogens is 298 g/mol. The lowest BCUT2D eigenvalue weighted by Gasteiger charge is -2.13. The number of non-ortho nitro benzene ring substituents is 1. The van der Waals surface area contributed by atoms with Gasteiger partial charge in [0.1, 0.15) is 0 Å². The summed E-state index contributed by atoms with van der Waals surface area (Å²) in [5, 5.41) is 10.7. The summed E-state index contributed by atoms with van der Waals surface area (Å²) in [6.45, 7) is 5.12. The van der Waals surface area contributed by atoms with Crippen LogP contribution in [0.25, 0.3) is 10.4 Å². The van der Waals surface area contributed by atoms with E-state index in [-0.39, 0.29) is 16.7 Å². The van der Waals surface area contributed by atoms with Gasteiger partial charge in [0.05, 0.1) is 4.92 Å². The Hall–Kier alpha value is -1.76. The highest BCUT2D eigenvalue weighted by Gasteiger charge is 2.26. The van der Waals surface area contributed by atoms with Crippen molar-refractivity contribution >= 4 is 17.0 Å². The van der Waals surface area contributed by atoms with Crippen LogP contribution < -0.4 is 5.73 Å². The Kier molecular flexibility index (Phi) is 4.24. The molecule has 0 bridgehead atoms. The van der Waals surface area contributed by atoms with E-state index in [1.807, 2.05) is 12.1 Å². The van der Waals surface area contributed by atoms with Crippen LogP contribution in [-0.2, 0) is 6.54 Å². The van der Waals surface area contributed by atoms with Crippen molar-refractivity contribution in [3.63, 3.8) is 0 Å². The van der Waals surface area contributed by atoms with E-state index in [2.05, 4.69) is 24.0 Å². The second-order valence-corrected chi connectivity index (χ2v) is 7.07. The Balaban J connectivity index is 1.69. The van der Waals surface area contributed by atoms with Gasteiger partial charge in [-0.3, -0.25) is 15.0 Å². The predicted molar refractivity (Wildman–Crippen MR) is 88.8 cm³/mol. The van der Waals surface area contributed by atoms with Gasteiger partial charge in [0.2, 0.25) is 0 Å². The molecule has 3 rings (SSSR count). The van der Waals surface area contributed by atoms with Gasteiger partial charge in [-0.15, -0.1) is 11.3 Å². The van der Waals surface area contributed by atoms with Gasteiger partial charge in [-0.25, -0.2) is 0 Å². The monoisotopic (exact) mass is 317 g/mol. The molecule has 2 atom stereocenters. The van der Waals surface area contributed by atoms with Crippen molar-refractivity contribution < 1.29 is 4.92 Å². The third-order valence-electron chi connectivity index (χ3n) is 4.15. The van der Waals surface area contributed by atoms with Crippen LogP contribution in [0.2, 0.25) is 0 Å². The molecule has 2 aromatic rings. The minimum Gasteiger partial charge on any atom is -0.326 e. The van der Waals surface area contributed by atoms with Crippen LogP contribution >= 0.6 is 11.3 Å². The van der Waals surface area contributed by atoms with Gasteiger partial charge in [0.15, 0.2) is 0 Å². The summed E-state index contributed by atoms with van der Waals surface area (Å²) in [7, 11) is 0. The van der Waals surface area contributed by atoms with Crippen molar-refractivity contribution in [3.8, 4) is 10.4 Å². The summed E-state index contributed by atoms with van der Waals surface area (Å²) in [5.74, 6) is 0.550. The van der Waals surface area contributed by atoms with Crippen molar-refractivity contribution in [2.24, 2.45) is 11.7 Å². The number of hydrogen-bond donors (Lipinski definition) is 1. The molecule has 1 aromatic heterocycles. The standard InChI is InChI=1S/C16H19N3O2S/c1-11-8-18(10-15(11)17)9-14-6-7-16(22-14)12-2-4-13(5-3-12)19(20)21/h2-7,11,15H,8-10,17H2,1H3.